The summed E-state index contributed by atoms with van der Waals surface area (Å²) in [7, 11) is 0. The van der Waals surface area contributed by atoms with Crippen molar-refractivity contribution in [1.82, 2.24) is 0 Å². The molecule has 1 N–H and O–H groups in total. The highest BCUT2D eigenvalue weighted by atomic mass is 32.2. The second-order valence-electron chi connectivity index (χ2n) is 3.62. The molecule has 1 aromatic carbocycles. The Morgan fingerprint density at radius 2 is 2.15 bits per heavy atom. The van der Waals surface area contributed by atoms with Crippen molar-refractivity contribution in [3.05, 3.63) is 23.3 Å². The first-order valence-electron chi connectivity index (χ1n) is 5.44. The number of benzene rings is 1. The number of ether oxygens (including phenoxy) is 1. The molecule has 0 bridgehead atoms. The Morgan fingerprint density at radius 1 is 1.50 bits per heavy atom. The monoisotopic (exact) mass is 305 g/mol. The molecule has 0 fully saturated rings. The molecule has 0 saturated heterocycles. The number of carbonyl (C=O) groups excluding carboxylic acids is 1. The third-order valence-corrected chi connectivity index (χ3v) is 2.86. The third kappa shape index (κ3) is 4.66. The van der Waals surface area contributed by atoms with E-state index < -0.39 is 35.4 Å². The largest absolute Gasteiger partial charge is 0.506 e. The van der Waals surface area contributed by atoms with Crippen molar-refractivity contribution in [2.24, 2.45) is 0 Å². The van der Waals surface area contributed by atoms with Gasteiger partial charge in [-0.05, 0) is 30.8 Å². The number of alkyl halides is 3. The van der Waals surface area contributed by atoms with Gasteiger partial charge in [-0.25, -0.2) is 0 Å². The molecule has 1 rings (SSSR count). The third-order valence-electron chi connectivity index (χ3n) is 2.16. The molecule has 0 radical (unpaired) electrons. The SMILES string of the molecule is CCOC(=O)Cc1cc(SC(F)(F)F)cc(C#N)c1O. The van der Waals surface area contributed by atoms with Crippen molar-refractivity contribution >= 4 is 17.7 Å². The van der Waals surface area contributed by atoms with E-state index in [0.29, 0.717) is 0 Å². The first-order chi connectivity index (χ1) is 9.26. The number of hydrogen-bond donors (Lipinski definition) is 1. The number of rotatable bonds is 4. The zero-order chi connectivity index (χ0) is 15.3. The molecule has 0 unspecified atom stereocenters. The Labute approximate surface area is 117 Å². The lowest BCUT2D eigenvalue weighted by Crippen LogP contribution is -2.08. The van der Waals surface area contributed by atoms with E-state index in [9.17, 15) is 23.1 Å². The van der Waals surface area contributed by atoms with Gasteiger partial charge in [-0.15, -0.1) is 0 Å². The van der Waals surface area contributed by atoms with Gasteiger partial charge in [0.1, 0.15) is 11.8 Å². The summed E-state index contributed by atoms with van der Waals surface area (Å²) in [5.41, 5.74) is -4.92. The zero-order valence-electron chi connectivity index (χ0n) is 10.3. The summed E-state index contributed by atoms with van der Waals surface area (Å²) in [6, 6.07) is 3.52. The lowest BCUT2D eigenvalue weighted by atomic mass is 10.1. The van der Waals surface area contributed by atoms with Crippen LogP contribution in [0.1, 0.15) is 18.1 Å². The van der Waals surface area contributed by atoms with Gasteiger partial charge in [-0.2, -0.15) is 18.4 Å². The number of carbonyl (C=O) groups is 1. The van der Waals surface area contributed by atoms with Crippen LogP contribution < -0.4 is 0 Å². The second-order valence-corrected chi connectivity index (χ2v) is 4.76. The number of phenolic OH excluding ortho intramolecular Hbond substituents is 1. The van der Waals surface area contributed by atoms with Crippen molar-refractivity contribution in [2.75, 3.05) is 6.61 Å². The van der Waals surface area contributed by atoms with Gasteiger partial charge >= 0.3 is 11.5 Å². The van der Waals surface area contributed by atoms with Crippen LogP contribution in [0.4, 0.5) is 13.2 Å². The fourth-order valence-corrected chi connectivity index (χ4v) is 2.09. The van der Waals surface area contributed by atoms with Crippen LogP contribution in [0.25, 0.3) is 0 Å². The number of nitriles is 1. The quantitative estimate of drug-likeness (QED) is 0.684. The molecule has 0 amide bonds. The molecule has 0 atom stereocenters. The highest BCUT2D eigenvalue weighted by molar-refractivity contribution is 8.00. The molecule has 4 nitrogen and oxygen atoms in total. The summed E-state index contributed by atoms with van der Waals surface area (Å²) in [6.07, 6.45) is -0.402. The zero-order valence-corrected chi connectivity index (χ0v) is 11.1. The predicted octanol–water partition coefficient (Wildman–Crippen LogP) is 2.98. The number of hydrogen-bond acceptors (Lipinski definition) is 5. The first-order valence-corrected chi connectivity index (χ1v) is 6.25. The maximum atomic E-state index is 12.3. The van der Waals surface area contributed by atoms with Crippen LogP contribution in [-0.4, -0.2) is 23.2 Å². The molecule has 108 valence electrons. The fraction of sp³-hybridized carbons (Fsp3) is 0.333. The van der Waals surface area contributed by atoms with Crippen molar-refractivity contribution in [3.63, 3.8) is 0 Å². The molecular formula is C12H10F3NO3S. The van der Waals surface area contributed by atoms with E-state index >= 15 is 0 Å². The summed E-state index contributed by atoms with van der Waals surface area (Å²) >= 11 is -0.421. The number of nitrogens with zero attached hydrogens (tertiary/aromatic N) is 1. The van der Waals surface area contributed by atoms with Crippen LogP contribution in [0.3, 0.4) is 0 Å². The Kier molecular flexibility index (Phi) is 5.27. The van der Waals surface area contributed by atoms with Crippen LogP contribution in [0.5, 0.6) is 5.75 Å². The van der Waals surface area contributed by atoms with Gasteiger partial charge in [-0.3, -0.25) is 4.79 Å². The minimum Gasteiger partial charge on any atom is -0.506 e. The van der Waals surface area contributed by atoms with Crippen LogP contribution >= 0.6 is 11.8 Å². The Hall–Kier alpha value is -1.88. The van der Waals surface area contributed by atoms with E-state index in [-0.39, 0.29) is 22.6 Å². The number of esters is 1. The van der Waals surface area contributed by atoms with Crippen molar-refractivity contribution in [3.8, 4) is 11.8 Å². The normalized spacial score (nSPS) is 10.9. The minimum absolute atomic E-state index is 0.0748. The maximum Gasteiger partial charge on any atom is 0.446 e. The number of phenols is 1. The van der Waals surface area contributed by atoms with Crippen LogP contribution in [0.2, 0.25) is 0 Å². The summed E-state index contributed by atoms with van der Waals surface area (Å²) in [5, 5.41) is 18.5. The predicted molar refractivity (Wildman–Crippen MR) is 65.1 cm³/mol. The molecule has 0 saturated carbocycles. The number of halogens is 3. The van der Waals surface area contributed by atoms with E-state index in [1.165, 1.54) is 0 Å². The minimum atomic E-state index is -4.52. The molecule has 20 heavy (non-hydrogen) atoms. The van der Waals surface area contributed by atoms with Gasteiger partial charge in [0, 0.05) is 10.5 Å². The molecule has 0 spiro atoms. The van der Waals surface area contributed by atoms with Gasteiger partial charge < -0.3 is 9.84 Å². The average molecular weight is 305 g/mol. The van der Waals surface area contributed by atoms with Gasteiger partial charge in [0.25, 0.3) is 0 Å². The highest BCUT2D eigenvalue weighted by Gasteiger charge is 2.30. The maximum absolute atomic E-state index is 12.3. The first kappa shape index (κ1) is 16.2. The molecule has 8 heteroatoms. The van der Waals surface area contributed by atoms with Crippen LogP contribution in [0, 0.1) is 11.3 Å². The standard InChI is InChI=1S/C12H10F3NO3S/c1-2-19-10(17)5-7-3-9(20-12(13,14)15)4-8(6-16)11(7)18/h3-4,18H,2,5H2,1H3. The second kappa shape index (κ2) is 6.52. The smallest absolute Gasteiger partial charge is 0.446 e. The summed E-state index contributed by atoms with van der Waals surface area (Å²) in [5.74, 6) is -1.20. The van der Waals surface area contributed by atoms with Crippen LogP contribution in [0.15, 0.2) is 17.0 Å². The van der Waals surface area contributed by atoms with Gasteiger partial charge in [0.2, 0.25) is 0 Å². The fourth-order valence-electron chi connectivity index (χ4n) is 1.45. The molecule has 0 aliphatic rings. The highest BCUT2D eigenvalue weighted by Crippen LogP contribution is 2.39. The molecule has 0 aliphatic carbocycles. The van der Waals surface area contributed by atoms with Gasteiger partial charge in [0.15, 0.2) is 0 Å². The molecule has 0 heterocycles. The lowest BCUT2D eigenvalue weighted by molar-refractivity contribution is -0.142. The summed E-state index contributed by atoms with van der Waals surface area (Å²) < 4.78 is 41.6. The summed E-state index contributed by atoms with van der Waals surface area (Å²) in [4.78, 5) is 11.0. The molecular weight excluding hydrogens is 295 g/mol. The number of thioether (sulfide) groups is 1. The summed E-state index contributed by atoms with van der Waals surface area (Å²) in [6.45, 7) is 1.69. The molecule has 1 aromatic rings. The van der Waals surface area contributed by atoms with E-state index in [4.69, 9.17) is 5.26 Å². The van der Waals surface area contributed by atoms with Crippen molar-refractivity contribution in [1.29, 1.82) is 5.26 Å². The average Bonchev–Trinajstić information content (AvgIpc) is 2.31. The Morgan fingerprint density at radius 3 is 2.65 bits per heavy atom. The molecule has 0 aromatic heterocycles. The van der Waals surface area contributed by atoms with Gasteiger partial charge in [-0.1, -0.05) is 0 Å². The van der Waals surface area contributed by atoms with Crippen molar-refractivity contribution < 1.29 is 27.8 Å². The van der Waals surface area contributed by atoms with E-state index in [0.717, 1.165) is 12.1 Å². The number of aromatic hydroxyl groups is 1. The van der Waals surface area contributed by atoms with E-state index in [1.54, 1.807) is 13.0 Å². The Balaban J connectivity index is 3.13. The van der Waals surface area contributed by atoms with Crippen LogP contribution in [-0.2, 0) is 16.0 Å². The van der Waals surface area contributed by atoms with Gasteiger partial charge in [0.05, 0.1) is 18.6 Å². The molecule has 0 aliphatic heterocycles. The lowest BCUT2D eigenvalue weighted by Gasteiger charge is -2.10. The van der Waals surface area contributed by atoms with E-state index in [1.807, 2.05) is 0 Å². The Bertz CT molecular complexity index is 552. The van der Waals surface area contributed by atoms with E-state index in [2.05, 4.69) is 4.74 Å². The van der Waals surface area contributed by atoms with Crippen molar-refractivity contribution in [2.45, 2.75) is 23.7 Å². The topological polar surface area (TPSA) is 70.3 Å².